The van der Waals surface area contributed by atoms with Crippen molar-refractivity contribution >= 4 is 10.0 Å². The van der Waals surface area contributed by atoms with Crippen LogP contribution in [-0.2, 0) is 10.0 Å². The first kappa shape index (κ1) is 13.0. The van der Waals surface area contributed by atoms with E-state index in [-0.39, 0.29) is 0 Å². The van der Waals surface area contributed by atoms with Gasteiger partial charge in [-0.1, -0.05) is 30.3 Å². The van der Waals surface area contributed by atoms with Crippen LogP contribution in [-0.4, -0.2) is 25.9 Å². The lowest BCUT2D eigenvalue weighted by molar-refractivity contribution is 0.224. The highest BCUT2D eigenvalue weighted by atomic mass is 32.2. The van der Waals surface area contributed by atoms with Gasteiger partial charge in [0.1, 0.15) is 0 Å². The lowest BCUT2D eigenvalue weighted by Crippen LogP contribution is -2.34. The van der Waals surface area contributed by atoms with Gasteiger partial charge in [0, 0.05) is 0 Å². The van der Waals surface area contributed by atoms with Gasteiger partial charge in [-0.2, -0.15) is 8.78 Å². The van der Waals surface area contributed by atoms with Crippen LogP contribution in [0.1, 0.15) is 11.6 Å². The van der Waals surface area contributed by atoms with Gasteiger partial charge >= 0.3 is 5.76 Å². The van der Waals surface area contributed by atoms with E-state index in [1.807, 2.05) is 0 Å². The third kappa shape index (κ3) is 3.22. The fourth-order valence-electron chi connectivity index (χ4n) is 1.15. The molecule has 1 rings (SSSR count). The lowest BCUT2D eigenvalue weighted by atomic mass is 10.1. The summed E-state index contributed by atoms with van der Waals surface area (Å²) < 4.78 is 47.7. The number of hydrogen-bond donors (Lipinski definition) is 2. The number of sulfonamides is 1. The summed E-state index contributed by atoms with van der Waals surface area (Å²) in [6, 6.07) is 6.95. The van der Waals surface area contributed by atoms with Crippen molar-refractivity contribution in [3.8, 4) is 0 Å². The number of aliphatic hydroxyl groups is 1. The smallest absolute Gasteiger partial charge is 0.350 e. The van der Waals surface area contributed by atoms with E-state index in [1.165, 1.54) is 12.1 Å². The first-order valence-electron chi connectivity index (χ1n) is 4.42. The SMILES string of the molecule is O=S(=O)(NC(CO)c1ccccc1)C(F)F. The summed E-state index contributed by atoms with van der Waals surface area (Å²) in [5.41, 5.74) is 0.425. The highest BCUT2D eigenvalue weighted by molar-refractivity contribution is 7.89. The molecule has 0 heterocycles. The molecule has 0 fully saturated rings. The third-order valence-corrected chi connectivity index (χ3v) is 3.01. The Morgan fingerprint density at radius 1 is 1.25 bits per heavy atom. The van der Waals surface area contributed by atoms with Crippen molar-refractivity contribution in [1.29, 1.82) is 0 Å². The molecule has 0 saturated carbocycles. The highest BCUT2D eigenvalue weighted by Gasteiger charge is 2.27. The third-order valence-electron chi connectivity index (χ3n) is 1.93. The second-order valence-electron chi connectivity index (χ2n) is 3.07. The monoisotopic (exact) mass is 251 g/mol. The van der Waals surface area contributed by atoms with E-state index in [0.29, 0.717) is 5.56 Å². The second-order valence-corrected chi connectivity index (χ2v) is 4.75. The summed E-state index contributed by atoms with van der Waals surface area (Å²) in [5, 5.41) is 8.95. The summed E-state index contributed by atoms with van der Waals surface area (Å²) >= 11 is 0. The number of alkyl halides is 2. The van der Waals surface area contributed by atoms with Gasteiger partial charge in [-0.25, -0.2) is 13.1 Å². The molecule has 1 atom stereocenters. The van der Waals surface area contributed by atoms with Crippen LogP contribution < -0.4 is 4.72 Å². The minimum Gasteiger partial charge on any atom is -0.394 e. The van der Waals surface area contributed by atoms with Crippen LogP contribution in [0.5, 0.6) is 0 Å². The average Bonchev–Trinajstić information content (AvgIpc) is 2.27. The van der Waals surface area contributed by atoms with E-state index in [0.717, 1.165) is 0 Å². The summed E-state index contributed by atoms with van der Waals surface area (Å²) in [4.78, 5) is 0. The zero-order valence-corrected chi connectivity index (χ0v) is 8.99. The molecule has 16 heavy (non-hydrogen) atoms. The highest BCUT2D eigenvalue weighted by Crippen LogP contribution is 2.15. The minimum atomic E-state index is -4.70. The van der Waals surface area contributed by atoms with E-state index in [1.54, 1.807) is 22.9 Å². The first-order valence-corrected chi connectivity index (χ1v) is 5.97. The standard InChI is InChI=1S/C9H11F2NO3S/c10-9(11)16(14,15)12-8(6-13)7-4-2-1-3-5-7/h1-5,8-9,12-13H,6H2. The maximum Gasteiger partial charge on any atom is 0.350 e. The Labute approximate surface area is 92.0 Å². The van der Waals surface area contributed by atoms with Crippen LogP contribution in [0.25, 0.3) is 0 Å². The molecule has 7 heteroatoms. The summed E-state index contributed by atoms with van der Waals surface area (Å²) in [6.07, 6.45) is 0. The second kappa shape index (κ2) is 5.33. The first-order chi connectivity index (χ1) is 7.47. The zero-order valence-electron chi connectivity index (χ0n) is 8.18. The number of aliphatic hydroxyl groups excluding tert-OH is 1. The predicted molar refractivity (Wildman–Crippen MR) is 54.3 cm³/mol. The predicted octanol–water partition coefficient (Wildman–Crippen LogP) is 0.862. The molecule has 2 N–H and O–H groups in total. The van der Waals surface area contributed by atoms with E-state index < -0.39 is 28.4 Å². The van der Waals surface area contributed by atoms with E-state index in [9.17, 15) is 17.2 Å². The molecular formula is C9H11F2NO3S. The van der Waals surface area contributed by atoms with Gasteiger partial charge in [-0.15, -0.1) is 0 Å². The molecule has 0 aliphatic heterocycles. The largest absolute Gasteiger partial charge is 0.394 e. The van der Waals surface area contributed by atoms with Crippen molar-refractivity contribution < 1.29 is 22.3 Å². The molecule has 0 spiro atoms. The Balaban J connectivity index is 2.86. The molecule has 0 saturated heterocycles. The molecule has 90 valence electrons. The van der Waals surface area contributed by atoms with Crippen molar-refractivity contribution in [2.45, 2.75) is 11.8 Å². The van der Waals surface area contributed by atoms with Crippen LogP contribution >= 0.6 is 0 Å². The van der Waals surface area contributed by atoms with Crippen molar-refractivity contribution in [3.63, 3.8) is 0 Å². The van der Waals surface area contributed by atoms with Gasteiger partial charge in [-0.3, -0.25) is 0 Å². The van der Waals surface area contributed by atoms with Crippen LogP contribution in [0.3, 0.4) is 0 Å². The molecule has 1 unspecified atom stereocenters. The summed E-state index contributed by atoms with van der Waals surface area (Å²) in [7, 11) is -4.70. The molecule has 1 aromatic rings. The summed E-state index contributed by atoms with van der Waals surface area (Å²) in [5.74, 6) is -3.51. The maximum absolute atomic E-state index is 12.1. The summed E-state index contributed by atoms with van der Waals surface area (Å²) in [6.45, 7) is -0.587. The maximum atomic E-state index is 12.1. The number of rotatable bonds is 5. The molecule has 4 nitrogen and oxygen atoms in total. The van der Waals surface area contributed by atoms with E-state index in [2.05, 4.69) is 0 Å². The van der Waals surface area contributed by atoms with Crippen molar-refractivity contribution in [1.82, 2.24) is 4.72 Å². The van der Waals surface area contributed by atoms with Crippen LogP contribution in [0.15, 0.2) is 30.3 Å². The Morgan fingerprint density at radius 3 is 2.25 bits per heavy atom. The molecule has 0 aliphatic carbocycles. The van der Waals surface area contributed by atoms with Crippen molar-refractivity contribution in [2.24, 2.45) is 0 Å². The van der Waals surface area contributed by atoms with Crippen molar-refractivity contribution in [3.05, 3.63) is 35.9 Å². The molecule has 0 aliphatic rings. The van der Waals surface area contributed by atoms with Crippen LogP contribution in [0, 0.1) is 0 Å². The number of hydrogen-bond acceptors (Lipinski definition) is 3. The lowest BCUT2D eigenvalue weighted by Gasteiger charge is -2.16. The average molecular weight is 251 g/mol. The fraction of sp³-hybridized carbons (Fsp3) is 0.333. The van der Waals surface area contributed by atoms with Gasteiger partial charge in [0.15, 0.2) is 0 Å². The Morgan fingerprint density at radius 2 is 1.81 bits per heavy atom. The van der Waals surface area contributed by atoms with Crippen molar-refractivity contribution in [2.75, 3.05) is 6.61 Å². The zero-order chi connectivity index (χ0) is 12.2. The van der Waals surface area contributed by atoms with E-state index in [4.69, 9.17) is 5.11 Å². The molecule has 0 aromatic heterocycles. The molecule has 0 amide bonds. The number of benzene rings is 1. The van der Waals surface area contributed by atoms with Gasteiger partial charge in [0.25, 0.3) is 10.0 Å². The van der Waals surface area contributed by atoms with Gasteiger partial charge in [-0.05, 0) is 5.56 Å². The molecule has 0 bridgehead atoms. The fourth-order valence-corrected chi connectivity index (χ4v) is 1.86. The number of halogens is 2. The van der Waals surface area contributed by atoms with E-state index >= 15 is 0 Å². The molecule has 0 radical (unpaired) electrons. The Hall–Kier alpha value is -1.05. The number of nitrogens with one attached hydrogen (secondary N) is 1. The Bertz CT molecular complexity index is 422. The van der Waals surface area contributed by atoms with Gasteiger partial charge in [0.05, 0.1) is 12.6 Å². The minimum absolute atomic E-state index is 0.425. The van der Waals surface area contributed by atoms with Gasteiger partial charge in [0.2, 0.25) is 0 Å². The Kier molecular flexibility index (Phi) is 4.34. The quantitative estimate of drug-likeness (QED) is 0.815. The molecule has 1 aromatic carbocycles. The normalized spacial score (nSPS) is 14.0. The van der Waals surface area contributed by atoms with Crippen LogP contribution in [0.4, 0.5) is 8.78 Å². The van der Waals surface area contributed by atoms with Gasteiger partial charge < -0.3 is 5.11 Å². The molecular weight excluding hydrogens is 240 g/mol. The topological polar surface area (TPSA) is 66.4 Å². The van der Waals surface area contributed by atoms with Crippen LogP contribution in [0.2, 0.25) is 0 Å².